The number of carbonyl (C=O) groups excluding carboxylic acids is 1. The summed E-state index contributed by atoms with van der Waals surface area (Å²) in [5, 5.41) is 2.03. The third kappa shape index (κ3) is 3.11. The smallest absolute Gasteiger partial charge is 0.224 e. The maximum Gasteiger partial charge on any atom is 0.224 e. The highest BCUT2D eigenvalue weighted by atomic mass is 16.7. The fraction of sp³-hybridized carbons (Fsp3) is 0.480. The van der Waals surface area contributed by atoms with Crippen LogP contribution in [-0.2, 0) is 16.2 Å². The molecule has 0 spiro atoms. The maximum atomic E-state index is 12.2. The molecule has 0 aliphatic heterocycles. The molecule has 0 N–H and O–H groups in total. The second-order valence-electron chi connectivity index (χ2n) is 9.10. The highest BCUT2D eigenvalue weighted by Gasteiger charge is 2.76. The van der Waals surface area contributed by atoms with Gasteiger partial charge in [0, 0.05) is 0 Å². The molecule has 4 rings (SSSR count). The summed E-state index contributed by atoms with van der Waals surface area (Å²) in [7, 11) is 0. The van der Waals surface area contributed by atoms with Gasteiger partial charge in [0.1, 0.15) is 6.04 Å². The number of benzene rings is 2. The van der Waals surface area contributed by atoms with Gasteiger partial charge >= 0.3 is 0 Å². The van der Waals surface area contributed by atoms with Crippen molar-refractivity contribution in [1.82, 2.24) is 5.06 Å². The van der Waals surface area contributed by atoms with Crippen molar-refractivity contribution in [1.29, 1.82) is 0 Å². The van der Waals surface area contributed by atoms with Crippen molar-refractivity contribution in [3.63, 3.8) is 0 Å². The minimum atomic E-state index is -0.514. The topological polar surface area (TPSA) is 29.5 Å². The molecule has 2 aromatic rings. The Bertz CT molecular complexity index is 804. The summed E-state index contributed by atoms with van der Waals surface area (Å²) in [6, 6.07) is 19.6. The molecule has 0 aromatic heterocycles. The highest BCUT2D eigenvalue weighted by molar-refractivity contribution is 5.62. The molecule has 0 amide bonds. The zero-order chi connectivity index (χ0) is 19.8. The van der Waals surface area contributed by atoms with E-state index in [9.17, 15) is 4.79 Å². The zero-order valence-electron chi connectivity index (χ0n) is 17.1. The molecule has 2 aliphatic rings. The molecule has 1 radical (unpaired) electrons. The second kappa shape index (κ2) is 7.46. The summed E-state index contributed by atoms with van der Waals surface area (Å²) >= 11 is 0. The molecule has 3 nitrogen and oxygen atoms in total. The van der Waals surface area contributed by atoms with Gasteiger partial charge in [-0.3, -0.25) is 9.63 Å². The van der Waals surface area contributed by atoms with Gasteiger partial charge in [0.2, 0.25) is 6.29 Å². The van der Waals surface area contributed by atoms with Crippen LogP contribution >= 0.6 is 0 Å². The lowest BCUT2D eigenvalue weighted by Crippen LogP contribution is -2.46. The number of nitrogens with zero attached hydrogens (tertiary/aromatic N) is 1. The Morgan fingerprint density at radius 3 is 2.36 bits per heavy atom. The Balaban J connectivity index is 1.70. The molecule has 0 bridgehead atoms. The SMILES string of the molecule is CC1CCC2C(C)(C)C2(N(OCc2ccccc2)C([C]=O)c2ccccc2)C1. The Morgan fingerprint density at radius 2 is 1.71 bits per heavy atom. The Labute approximate surface area is 168 Å². The quantitative estimate of drug-likeness (QED) is 0.599. The van der Waals surface area contributed by atoms with Gasteiger partial charge in [0.25, 0.3) is 0 Å². The molecule has 2 aromatic carbocycles. The minimum absolute atomic E-state index is 0.114. The van der Waals surface area contributed by atoms with Gasteiger partial charge in [-0.2, -0.15) is 5.06 Å². The molecule has 2 fully saturated rings. The Hall–Kier alpha value is -1.97. The van der Waals surface area contributed by atoms with Crippen LogP contribution in [0.2, 0.25) is 0 Å². The third-order valence-electron chi connectivity index (χ3n) is 7.16. The van der Waals surface area contributed by atoms with Crippen molar-refractivity contribution >= 4 is 6.29 Å². The van der Waals surface area contributed by atoms with E-state index in [2.05, 4.69) is 39.2 Å². The van der Waals surface area contributed by atoms with Crippen molar-refractivity contribution in [2.75, 3.05) is 0 Å². The van der Waals surface area contributed by atoms with E-state index >= 15 is 0 Å². The summed E-state index contributed by atoms with van der Waals surface area (Å²) in [5.74, 6) is 1.18. The molecule has 4 unspecified atom stereocenters. The molecule has 0 heterocycles. The molecule has 2 aliphatic carbocycles. The van der Waals surface area contributed by atoms with E-state index in [1.807, 2.05) is 53.6 Å². The van der Waals surface area contributed by atoms with Crippen molar-refractivity contribution < 1.29 is 9.63 Å². The monoisotopic (exact) mass is 376 g/mol. The predicted octanol–water partition coefficient (Wildman–Crippen LogP) is 5.49. The first-order chi connectivity index (χ1) is 13.5. The largest absolute Gasteiger partial charge is 0.293 e. The normalized spacial score (nSPS) is 29.1. The number of rotatable bonds is 7. The standard InChI is InChI=1S/C25H30NO2/c1-19-14-15-23-24(2,3)25(23,16-19)26(28-18-20-10-6-4-7-11-20)22(17-27)21-12-8-5-9-13-21/h4-13,19,22-23H,14-16,18H2,1-3H3. The Morgan fingerprint density at radius 1 is 1.07 bits per heavy atom. The van der Waals surface area contributed by atoms with E-state index in [0.29, 0.717) is 18.4 Å². The second-order valence-corrected chi connectivity index (χ2v) is 9.10. The average molecular weight is 377 g/mol. The number of hydrogen-bond donors (Lipinski definition) is 0. The van der Waals surface area contributed by atoms with Crippen LogP contribution in [0.15, 0.2) is 60.7 Å². The van der Waals surface area contributed by atoms with Crippen molar-refractivity contribution in [2.45, 2.75) is 58.2 Å². The summed E-state index contributed by atoms with van der Waals surface area (Å²) in [4.78, 5) is 18.7. The number of hydroxylamine groups is 2. The lowest BCUT2D eigenvalue weighted by Gasteiger charge is -2.40. The first-order valence-corrected chi connectivity index (χ1v) is 10.4. The summed E-state index contributed by atoms with van der Waals surface area (Å²) < 4.78 is 0. The first-order valence-electron chi connectivity index (χ1n) is 10.4. The van der Waals surface area contributed by atoms with Crippen molar-refractivity contribution in [3.8, 4) is 0 Å². The first kappa shape index (κ1) is 19.4. The Kier molecular flexibility index (Phi) is 5.15. The van der Waals surface area contributed by atoms with E-state index < -0.39 is 6.04 Å². The molecule has 28 heavy (non-hydrogen) atoms. The molecule has 4 atom stereocenters. The third-order valence-corrected chi connectivity index (χ3v) is 7.16. The molecular weight excluding hydrogens is 346 g/mol. The number of fused-ring (bicyclic) bond motifs is 1. The van der Waals surface area contributed by atoms with Crippen LogP contribution < -0.4 is 0 Å². The van der Waals surface area contributed by atoms with Crippen LogP contribution in [0.1, 0.15) is 57.2 Å². The highest BCUT2D eigenvalue weighted by Crippen LogP contribution is 2.72. The summed E-state index contributed by atoms with van der Waals surface area (Å²) in [5.41, 5.74) is 2.07. The lowest BCUT2D eigenvalue weighted by atomic mass is 9.85. The molecule has 0 saturated heterocycles. The minimum Gasteiger partial charge on any atom is -0.293 e. The van der Waals surface area contributed by atoms with Gasteiger partial charge < -0.3 is 0 Å². The molecule has 2 saturated carbocycles. The maximum absolute atomic E-state index is 12.2. The van der Waals surface area contributed by atoms with E-state index in [1.165, 1.54) is 12.8 Å². The number of hydrogen-bond acceptors (Lipinski definition) is 3. The van der Waals surface area contributed by atoms with Crippen LogP contribution in [0.25, 0.3) is 0 Å². The molecule has 147 valence electrons. The van der Waals surface area contributed by atoms with Crippen LogP contribution in [0, 0.1) is 17.3 Å². The predicted molar refractivity (Wildman–Crippen MR) is 111 cm³/mol. The van der Waals surface area contributed by atoms with Crippen molar-refractivity contribution in [2.24, 2.45) is 17.3 Å². The summed E-state index contributed by atoms with van der Waals surface area (Å²) in [6.45, 7) is 7.46. The fourth-order valence-electron chi connectivity index (χ4n) is 5.58. The van der Waals surface area contributed by atoms with Gasteiger partial charge in [0.05, 0.1) is 12.1 Å². The fourth-order valence-corrected chi connectivity index (χ4v) is 5.58. The van der Waals surface area contributed by atoms with Crippen LogP contribution in [-0.4, -0.2) is 16.9 Å². The van der Waals surface area contributed by atoms with Gasteiger partial charge in [-0.05, 0) is 41.2 Å². The summed E-state index contributed by atoms with van der Waals surface area (Å²) in [6.07, 6.45) is 5.81. The average Bonchev–Trinajstić information content (AvgIpc) is 3.21. The van der Waals surface area contributed by atoms with Gasteiger partial charge in [-0.25, -0.2) is 0 Å². The zero-order valence-corrected chi connectivity index (χ0v) is 17.1. The van der Waals surface area contributed by atoms with Crippen LogP contribution in [0.4, 0.5) is 0 Å². The van der Waals surface area contributed by atoms with Crippen LogP contribution in [0.3, 0.4) is 0 Å². The van der Waals surface area contributed by atoms with E-state index in [0.717, 1.165) is 17.5 Å². The van der Waals surface area contributed by atoms with Crippen molar-refractivity contribution in [3.05, 3.63) is 71.8 Å². The van der Waals surface area contributed by atoms with Gasteiger partial charge in [-0.1, -0.05) is 87.9 Å². The van der Waals surface area contributed by atoms with E-state index in [1.54, 1.807) is 0 Å². The van der Waals surface area contributed by atoms with Gasteiger partial charge in [0.15, 0.2) is 0 Å². The lowest BCUT2D eigenvalue weighted by molar-refractivity contribution is -0.236. The molecular formula is C25H30NO2. The van der Waals surface area contributed by atoms with Gasteiger partial charge in [-0.15, -0.1) is 0 Å². The van der Waals surface area contributed by atoms with E-state index in [-0.39, 0.29) is 11.0 Å². The molecule has 3 heteroatoms. The van der Waals surface area contributed by atoms with Crippen LogP contribution in [0.5, 0.6) is 0 Å². The van der Waals surface area contributed by atoms with E-state index in [4.69, 9.17) is 4.84 Å².